The van der Waals surface area contributed by atoms with Gasteiger partial charge in [-0.15, -0.1) is 12.6 Å². The van der Waals surface area contributed by atoms with Crippen LogP contribution in [0.2, 0.25) is 0 Å². The summed E-state index contributed by atoms with van der Waals surface area (Å²) in [5, 5.41) is 0. The van der Waals surface area contributed by atoms with Gasteiger partial charge in [0.1, 0.15) is 0 Å². The highest BCUT2D eigenvalue weighted by molar-refractivity contribution is 14.1. The zero-order chi connectivity index (χ0) is 6.85. The van der Waals surface area contributed by atoms with Crippen molar-refractivity contribution < 1.29 is 0 Å². The lowest BCUT2D eigenvalue weighted by Crippen LogP contribution is -1.72. The summed E-state index contributed by atoms with van der Waals surface area (Å²) in [6.45, 7) is 0. The molecule has 0 atom stereocenters. The minimum atomic E-state index is 1.03. The molecule has 1 aromatic carbocycles. The van der Waals surface area contributed by atoms with Gasteiger partial charge in [0, 0.05) is 12.9 Å². The molecule has 0 radical (unpaired) electrons. The van der Waals surface area contributed by atoms with E-state index in [9.17, 15) is 0 Å². The number of hydrogen-bond acceptors (Lipinski definition) is 1. The van der Waals surface area contributed by atoms with E-state index in [-0.39, 0.29) is 0 Å². The van der Waals surface area contributed by atoms with Crippen LogP contribution in [0, 0.1) is 3.57 Å². The van der Waals surface area contributed by atoms with E-state index in [0.717, 1.165) is 9.37 Å². The first-order chi connectivity index (χ1) is 4.20. The first-order valence-corrected chi connectivity index (χ1v) is 4.66. The topological polar surface area (TPSA) is 0 Å². The maximum Gasteiger partial charge on any atom is 0.0274 e. The van der Waals surface area contributed by atoms with Crippen molar-refractivity contribution in [3.63, 3.8) is 0 Å². The van der Waals surface area contributed by atoms with Crippen molar-refractivity contribution >= 4 is 51.1 Å². The van der Waals surface area contributed by atoms with Gasteiger partial charge in [0.15, 0.2) is 0 Å². The van der Waals surface area contributed by atoms with E-state index in [1.54, 1.807) is 0 Å². The van der Waals surface area contributed by atoms with Gasteiger partial charge >= 0.3 is 0 Å². The Labute approximate surface area is 81.7 Å². The van der Waals surface area contributed by atoms with Gasteiger partial charge in [0.2, 0.25) is 0 Å². The molecule has 0 aliphatic rings. The van der Waals surface area contributed by atoms with E-state index in [1.807, 2.05) is 18.2 Å². The van der Waals surface area contributed by atoms with Crippen LogP contribution in [0.3, 0.4) is 0 Å². The Bertz CT molecular complexity index is 224. The average molecular weight is 315 g/mol. The Balaban J connectivity index is 3.17. The lowest BCUT2D eigenvalue weighted by Gasteiger charge is -1.94. The summed E-state index contributed by atoms with van der Waals surface area (Å²) in [6, 6.07) is 5.97. The van der Waals surface area contributed by atoms with E-state index in [2.05, 4.69) is 51.1 Å². The standard InChI is InChI=1S/C6H4BrIS/c7-4-1-2-6(9)5(8)3-4/h1-3,9H. The summed E-state index contributed by atoms with van der Waals surface area (Å²) < 4.78 is 2.27. The Morgan fingerprint density at radius 2 is 2.11 bits per heavy atom. The predicted molar refractivity (Wildman–Crippen MR) is 54.1 cm³/mol. The van der Waals surface area contributed by atoms with E-state index in [0.29, 0.717) is 0 Å². The van der Waals surface area contributed by atoms with Gasteiger partial charge in [-0.3, -0.25) is 0 Å². The van der Waals surface area contributed by atoms with E-state index < -0.39 is 0 Å². The molecule has 1 aromatic rings. The molecule has 0 saturated heterocycles. The summed E-state index contributed by atoms with van der Waals surface area (Å²) in [7, 11) is 0. The molecule has 1 rings (SSSR count). The van der Waals surface area contributed by atoms with Crippen LogP contribution in [0.4, 0.5) is 0 Å². The second kappa shape index (κ2) is 3.25. The van der Waals surface area contributed by atoms with Crippen molar-refractivity contribution in [2.24, 2.45) is 0 Å². The number of hydrogen-bond donors (Lipinski definition) is 1. The van der Waals surface area contributed by atoms with Crippen LogP contribution in [0.25, 0.3) is 0 Å². The average Bonchev–Trinajstić information content (AvgIpc) is 1.80. The highest BCUT2D eigenvalue weighted by Crippen LogP contribution is 2.20. The Morgan fingerprint density at radius 1 is 1.44 bits per heavy atom. The summed E-state index contributed by atoms with van der Waals surface area (Å²) in [5.41, 5.74) is 0. The minimum absolute atomic E-state index is 1.03. The number of benzene rings is 1. The molecule has 0 amide bonds. The summed E-state index contributed by atoms with van der Waals surface area (Å²) in [6.07, 6.45) is 0. The molecule has 3 heteroatoms. The summed E-state index contributed by atoms with van der Waals surface area (Å²) in [4.78, 5) is 1.03. The minimum Gasteiger partial charge on any atom is -0.142 e. The van der Waals surface area contributed by atoms with E-state index >= 15 is 0 Å². The van der Waals surface area contributed by atoms with Crippen LogP contribution in [-0.2, 0) is 0 Å². The van der Waals surface area contributed by atoms with Crippen LogP contribution >= 0.6 is 51.1 Å². The third-order valence-corrected chi connectivity index (χ3v) is 3.11. The lowest BCUT2D eigenvalue weighted by molar-refractivity contribution is 1.40. The van der Waals surface area contributed by atoms with Crippen molar-refractivity contribution in [2.45, 2.75) is 4.90 Å². The van der Waals surface area contributed by atoms with Crippen molar-refractivity contribution in [1.29, 1.82) is 0 Å². The first kappa shape index (κ1) is 7.88. The Kier molecular flexibility index (Phi) is 2.85. The summed E-state index contributed by atoms with van der Waals surface area (Å²) in [5.74, 6) is 0. The largest absolute Gasteiger partial charge is 0.142 e. The van der Waals surface area contributed by atoms with Crippen LogP contribution in [0.5, 0.6) is 0 Å². The number of halogens is 2. The molecule has 0 heterocycles. The van der Waals surface area contributed by atoms with Gasteiger partial charge in [-0.05, 0) is 40.8 Å². The number of rotatable bonds is 0. The van der Waals surface area contributed by atoms with Gasteiger partial charge in [-0.2, -0.15) is 0 Å². The van der Waals surface area contributed by atoms with Gasteiger partial charge in [-0.25, -0.2) is 0 Å². The van der Waals surface area contributed by atoms with Gasteiger partial charge in [0.05, 0.1) is 0 Å². The molecular formula is C6H4BrIS. The molecule has 0 unspecified atom stereocenters. The maximum atomic E-state index is 4.22. The molecule has 0 bridgehead atoms. The summed E-state index contributed by atoms with van der Waals surface area (Å²) >= 11 is 9.82. The fraction of sp³-hybridized carbons (Fsp3) is 0. The van der Waals surface area contributed by atoms with Crippen molar-refractivity contribution in [3.05, 3.63) is 26.2 Å². The molecule has 0 spiro atoms. The van der Waals surface area contributed by atoms with Crippen molar-refractivity contribution in [3.8, 4) is 0 Å². The smallest absolute Gasteiger partial charge is 0.0274 e. The zero-order valence-corrected chi connectivity index (χ0v) is 9.07. The molecule has 0 saturated carbocycles. The lowest BCUT2D eigenvalue weighted by atomic mass is 10.4. The second-order valence-corrected chi connectivity index (χ2v) is 4.16. The van der Waals surface area contributed by atoms with Crippen molar-refractivity contribution in [2.75, 3.05) is 0 Å². The number of thiol groups is 1. The second-order valence-electron chi connectivity index (χ2n) is 1.60. The normalized spacial score (nSPS) is 9.67. The van der Waals surface area contributed by atoms with E-state index in [1.165, 1.54) is 3.57 Å². The third-order valence-electron chi connectivity index (χ3n) is 0.910. The van der Waals surface area contributed by atoms with Crippen LogP contribution in [0.1, 0.15) is 0 Å². The van der Waals surface area contributed by atoms with Gasteiger partial charge in [0.25, 0.3) is 0 Å². The third kappa shape index (κ3) is 2.13. The highest BCUT2D eigenvalue weighted by Gasteiger charge is 1.92. The molecule has 9 heavy (non-hydrogen) atoms. The zero-order valence-electron chi connectivity index (χ0n) is 4.44. The molecule has 0 N–H and O–H groups in total. The molecular weight excluding hydrogens is 311 g/mol. The van der Waals surface area contributed by atoms with Gasteiger partial charge < -0.3 is 0 Å². The highest BCUT2D eigenvalue weighted by atomic mass is 127. The fourth-order valence-corrected chi connectivity index (χ4v) is 1.92. The predicted octanol–water partition coefficient (Wildman–Crippen LogP) is 3.34. The quantitative estimate of drug-likeness (QED) is 0.551. The monoisotopic (exact) mass is 314 g/mol. The Morgan fingerprint density at radius 3 is 2.56 bits per heavy atom. The Hall–Kier alpha value is 0.780. The maximum absolute atomic E-state index is 4.22. The molecule has 0 fully saturated rings. The van der Waals surface area contributed by atoms with Gasteiger partial charge in [-0.1, -0.05) is 15.9 Å². The molecule has 0 aliphatic heterocycles. The molecule has 0 nitrogen and oxygen atoms in total. The first-order valence-electron chi connectivity index (χ1n) is 2.34. The van der Waals surface area contributed by atoms with Crippen LogP contribution < -0.4 is 0 Å². The van der Waals surface area contributed by atoms with Crippen LogP contribution in [-0.4, -0.2) is 0 Å². The molecule has 0 aromatic heterocycles. The van der Waals surface area contributed by atoms with Crippen molar-refractivity contribution in [1.82, 2.24) is 0 Å². The molecule has 0 aliphatic carbocycles. The van der Waals surface area contributed by atoms with Crippen LogP contribution in [0.15, 0.2) is 27.6 Å². The fourth-order valence-electron chi connectivity index (χ4n) is 0.481. The van der Waals surface area contributed by atoms with E-state index in [4.69, 9.17) is 0 Å². The SMILES string of the molecule is Sc1ccc(Br)cc1I. The molecule has 48 valence electrons.